The molecule has 6 nitrogen and oxygen atoms in total. The minimum atomic E-state index is 0.664. The highest BCUT2D eigenvalue weighted by atomic mass is 15.0. The van der Waals surface area contributed by atoms with E-state index in [-0.39, 0.29) is 0 Å². The lowest BCUT2D eigenvalue weighted by Gasteiger charge is -2.17. The van der Waals surface area contributed by atoms with Gasteiger partial charge in [-0.05, 0) is 104 Å². The summed E-state index contributed by atoms with van der Waals surface area (Å²) >= 11 is 0. The van der Waals surface area contributed by atoms with Crippen molar-refractivity contribution in [2.75, 3.05) is 0 Å². The molecule has 0 unspecified atom stereocenters. The lowest BCUT2D eigenvalue weighted by Crippen LogP contribution is -2.03. The molecule has 0 fully saturated rings. The first-order chi connectivity index (χ1) is 37.7. The molecule has 0 amide bonds. The van der Waals surface area contributed by atoms with Crippen molar-refractivity contribution in [3.05, 3.63) is 266 Å². The van der Waals surface area contributed by atoms with E-state index < -0.39 is 0 Å². The largest absolute Gasteiger partial charge is 0.309 e. The standard InChI is InChI=1S/C70H44N6/c1-6-22-45(23-7-1)57-44-58(72-70(71-57)46-24-8-2-9-25-46)55-42-65-56(67-62(73(65)47-26-10-3-11-27-47)40-38-53-51-33-17-20-36-60(51)75(69(53)67)49-30-14-5-15-31-49)43-64(55)76-61-37-21-18-34-54(61)66-63(76)41-39-52-50-32-16-19-35-59(50)74(68(52)66)48-28-12-4-13-29-48/h1-7,10-44H,8H2. The monoisotopic (exact) mass is 968 g/mol. The van der Waals surface area contributed by atoms with Crippen molar-refractivity contribution in [3.8, 4) is 45.3 Å². The second-order valence-electron chi connectivity index (χ2n) is 19.7. The Morgan fingerprint density at radius 2 is 0.842 bits per heavy atom. The highest BCUT2D eigenvalue weighted by Gasteiger charge is 2.27. The van der Waals surface area contributed by atoms with Gasteiger partial charge >= 0.3 is 0 Å². The molecule has 0 saturated heterocycles. The van der Waals surface area contributed by atoms with Crippen LogP contribution in [0.1, 0.15) is 12.2 Å². The fourth-order valence-electron chi connectivity index (χ4n) is 12.4. The summed E-state index contributed by atoms with van der Waals surface area (Å²) in [6.45, 7) is 0. The highest BCUT2D eigenvalue weighted by Crippen LogP contribution is 2.48. The van der Waals surface area contributed by atoms with Crippen molar-refractivity contribution < 1.29 is 0 Å². The fraction of sp³-hybridized carbons (Fsp3) is 0.0143. The van der Waals surface area contributed by atoms with Crippen molar-refractivity contribution in [1.82, 2.24) is 28.2 Å². The van der Waals surface area contributed by atoms with E-state index in [1.54, 1.807) is 0 Å². The Hall–Kier alpha value is -10.3. The van der Waals surface area contributed by atoms with Gasteiger partial charge in [0.05, 0.1) is 61.2 Å². The van der Waals surface area contributed by atoms with Gasteiger partial charge in [0, 0.05) is 76.9 Å². The van der Waals surface area contributed by atoms with E-state index in [1.807, 2.05) is 12.2 Å². The molecule has 0 aliphatic heterocycles. The predicted molar refractivity (Wildman–Crippen MR) is 316 cm³/mol. The predicted octanol–water partition coefficient (Wildman–Crippen LogP) is 17.7. The maximum absolute atomic E-state index is 5.62. The van der Waals surface area contributed by atoms with Crippen LogP contribution in [0.2, 0.25) is 0 Å². The molecule has 0 saturated carbocycles. The quantitative estimate of drug-likeness (QED) is 0.149. The van der Waals surface area contributed by atoms with E-state index in [1.165, 1.54) is 54.3 Å². The molecule has 6 heteroatoms. The molecule has 10 aromatic carbocycles. The van der Waals surface area contributed by atoms with Crippen molar-refractivity contribution in [2.24, 2.45) is 0 Å². The van der Waals surface area contributed by atoms with E-state index in [0.717, 1.165) is 90.2 Å². The van der Waals surface area contributed by atoms with Gasteiger partial charge in [-0.2, -0.15) is 0 Å². The molecule has 15 aromatic rings. The SMILES string of the molecule is C1=CCC=C(c2nc(-c3ccccc3)cc(-c3cc4c(cc3-n3c5ccccc5c5c3ccc3c6ccccc6n(-c6ccccc6)c35)c3c(ccc5c6ccccc6n(-c6ccccc6)c53)n4-c3ccccc3)n2)C=1. The lowest BCUT2D eigenvalue weighted by atomic mass is 10.0. The van der Waals surface area contributed by atoms with Gasteiger partial charge in [0.2, 0.25) is 0 Å². The summed E-state index contributed by atoms with van der Waals surface area (Å²) in [4.78, 5) is 10.9. The molecule has 5 heterocycles. The van der Waals surface area contributed by atoms with E-state index in [0.29, 0.717) is 5.82 Å². The van der Waals surface area contributed by atoms with Crippen LogP contribution in [-0.2, 0) is 0 Å². The van der Waals surface area contributed by atoms with Crippen LogP contribution >= 0.6 is 0 Å². The summed E-state index contributed by atoms with van der Waals surface area (Å²) in [7, 11) is 0. The van der Waals surface area contributed by atoms with Gasteiger partial charge in [0.15, 0.2) is 5.82 Å². The first-order valence-electron chi connectivity index (χ1n) is 26.0. The summed E-state index contributed by atoms with van der Waals surface area (Å²) in [5.74, 6) is 0.664. The van der Waals surface area contributed by atoms with Crippen LogP contribution in [0.15, 0.2) is 261 Å². The van der Waals surface area contributed by atoms with Crippen LogP contribution in [0.4, 0.5) is 0 Å². The molecule has 76 heavy (non-hydrogen) atoms. The maximum atomic E-state index is 5.62. The molecular formula is C70H44N6. The average Bonchev–Trinajstić information content (AvgIpc) is 4.22. The maximum Gasteiger partial charge on any atom is 0.160 e. The molecule has 0 radical (unpaired) electrons. The summed E-state index contributed by atoms with van der Waals surface area (Å²) in [6.07, 6.45) is 7.02. The van der Waals surface area contributed by atoms with Crippen molar-refractivity contribution >= 4 is 92.8 Å². The van der Waals surface area contributed by atoms with Crippen LogP contribution in [-0.4, -0.2) is 28.2 Å². The Morgan fingerprint density at radius 1 is 0.355 bits per heavy atom. The molecule has 16 rings (SSSR count). The third-order valence-corrected chi connectivity index (χ3v) is 15.6. The number of hydrogen-bond acceptors (Lipinski definition) is 2. The van der Waals surface area contributed by atoms with Crippen molar-refractivity contribution in [1.29, 1.82) is 0 Å². The Balaban J connectivity index is 1.12. The normalized spacial score (nSPS) is 12.7. The average molecular weight is 969 g/mol. The summed E-state index contributed by atoms with van der Waals surface area (Å²) in [5.41, 5.74) is 21.4. The van der Waals surface area contributed by atoms with Crippen LogP contribution in [0.5, 0.6) is 0 Å². The summed E-state index contributed by atoms with van der Waals surface area (Å²) in [5, 5.41) is 9.51. The minimum absolute atomic E-state index is 0.664. The van der Waals surface area contributed by atoms with Gasteiger partial charge in [-0.25, -0.2) is 9.97 Å². The van der Waals surface area contributed by atoms with E-state index >= 15 is 0 Å². The first-order valence-corrected chi connectivity index (χ1v) is 26.0. The van der Waals surface area contributed by atoms with Crippen LogP contribution in [0.3, 0.4) is 0 Å². The van der Waals surface area contributed by atoms with Crippen molar-refractivity contribution in [3.63, 3.8) is 0 Å². The Labute approximate surface area is 436 Å². The number of aromatic nitrogens is 6. The second kappa shape index (κ2) is 16.6. The smallest absolute Gasteiger partial charge is 0.160 e. The number of para-hydroxylation sites is 6. The van der Waals surface area contributed by atoms with Gasteiger partial charge in [-0.1, -0.05) is 158 Å². The number of nitrogens with zero attached hydrogens (tertiary/aromatic N) is 6. The molecule has 0 atom stereocenters. The topological polar surface area (TPSA) is 45.5 Å². The molecule has 0 spiro atoms. The van der Waals surface area contributed by atoms with Gasteiger partial charge in [0.1, 0.15) is 0 Å². The fourth-order valence-corrected chi connectivity index (χ4v) is 12.4. The van der Waals surface area contributed by atoms with Gasteiger partial charge in [-0.15, -0.1) is 5.73 Å². The van der Waals surface area contributed by atoms with Crippen LogP contribution in [0, 0.1) is 0 Å². The number of benzene rings is 10. The Morgan fingerprint density at radius 3 is 1.42 bits per heavy atom. The van der Waals surface area contributed by atoms with Gasteiger partial charge in [0.25, 0.3) is 0 Å². The molecule has 0 bridgehead atoms. The summed E-state index contributed by atoms with van der Waals surface area (Å²) < 4.78 is 9.90. The third kappa shape index (κ3) is 6.23. The van der Waals surface area contributed by atoms with Gasteiger partial charge in [-0.3, -0.25) is 0 Å². The van der Waals surface area contributed by atoms with Crippen LogP contribution in [0.25, 0.3) is 138 Å². The number of rotatable bonds is 7. The van der Waals surface area contributed by atoms with Gasteiger partial charge < -0.3 is 18.3 Å². The lowest BCUT2D eigenvalue weighted by molar-refractivity contribution is 1.11. The van der Waals surface area contributed by atoms with E-state index in [9.17, 15) is 0 Å². The highest BCUT2D eigenvalue weighted by molar-refractivity contribution is 6.29. The molecule has 1 aliphatic rings. The molecule has 354 valence electrons. The van der Waals surface area contributed by atoms with E-state index in [2.05, 4.69) is 267 Å². The zero-order chi connectivity index (χ0) is 49.8. The number of fused-ring (bicyclic) bond motifs is 14. The Kier molecular flexibility index (Phi) is 9.25. The zero-order valence-electron chi connectivity index (χ0n) is 41.1. The Bertz CT molecular complexity index is 4970. The third-order valence-electron chi connectivity index (χ3n) is 15.6. The van der Waals surface area contributed by atoms with E-state index in [4.69, 9.17) is 9.97 Å². The molecule has 0 N–H and O–H groups in total. The van der Waals surface area contributed by atoms with Crippen molar-refractivity contribution in [2.45, 2.75) is 6.42 Å². The molecule has 1 aliphatic carbocycles. The van der Waals surface area contributed by atoms with Crippen LogP contribution < -0.4 is 0 Å². The zero-order valence-corrected chi connectivity index (χ0v) is 41.1. The minimum Gasteiger partial charge on any atom is -0.309 e. The summed E-state index contributed by atoms with van der Waals surface area (Å²) in [6, 6.07) is 85.9. The number of allylic oxidation sites excluding steroid dienone is 3. The number of hydrogen-bond donors (Lipinski definition) is 0. The second-order valence-corrected chi connectivity index (χ2v) is 19.7. The molecular weight excluding hydrogens is 925 g/mol. The molecule has 5 aromatic heterocycles. The first kappa shape index (κ1) is 42.3.